The van der Waals surface area contributed by atoms with Crippen LogP contribution in [0.25, 0.3) is 0 Å². The van der Waals surface area contributed by atoms with E-state index in [1.807, 2.05) is 19.9 Å². The molecule has 24 heavy (non-hydrogen) atoms. The highest BCUT2D eigenvalue weighted by Gasteiger charge is 2.23. The summed E-state index contributed by atoms with van der Waals surface area (Å²) in [7, 11) is 0. The Morgan fingerprint density at radius 2 is 2.00 bits per heavy atom. The molecule has 3 rings (SSSR count). The second kappa shape index (κ2) is 8.30. The molecule has 1 aromatic carbocycles. The minimum Gasteiger partial charge on any atom is -0.457 e. The molecule has 2 aromatic rings. The van der Waals surface area contributed by atoms with E-state index in [9.17, 15) is 4.39 Å². The normalized spacial score (nSPS) is 16.1. The number of pyridine rings is 1. The van der Waals surface area contributed by atoms with Crippen LogP contribution in [0.4, 0.5) is 10.2 Å². The van der Waals surface area contributed by atoms with Crippen molar-refractivity contribution in [3.63, 3.8) is 0 Å². The molecule has 1 unspecified atom stereocenters. The smallest absolute Gasteiger partial charge is 0.132 e. The van der Waals surface area contributed by atoms with Crippen LogP contribution in [-0.2, 0) is 0 Å². The van der Waals surface area contributed by atoms with E-state index in [1.54, 1.807) is 31.3 Å². The molecule has 1 aliphatic rings. The van der Waals surface area contributed by atoms with Gasteiger partial charge in [-0.25, -0.2) is 9.37 Å². The SMILES string of the molecule is CC.Cc1ccc(Oc2ccnc(N3CCC(C#N)C3)c2)cc1F. The summed E-state index contributed by atoms with van der Waals surface area (Å²) in [4.78, 5) is 6.39. The topological polar surface area (TPSA) is 49.1 Å². The van der Waals surface area contributed by atoms with E-state index in [2.05, 4.69) is 16.0 Å². The first-order chi connectivity index (χ1) is 11.7. The van der Waals surface area contributed by atoms with Gasteiger partial charge < -0.3 is 9.64 Å². The van der Waals surface area contributed by atoms with Crippen LogP contribution in [-0.4, -0.2) is 18.1 Å². The standard InChI is InChI=1S/C17H16FN3O.C2H6/c1-12-2-3-14(8-16(12)18)22-15-4-6-20-17(9-15)21-7-5-13(10-19)11-21;1-2/h2-4,6,8-9,13H,5,7,11H2,1H3;1-2H3. The third-order valence-corrected chi connectivity index (χ3v) is 3.79. The van der Waals surface area contributed by atoms with Gasteiger partial charge in [0.05, 0.1) is 12.0 Å². The molecule has 0 saturated carbocycles. The Labute approximate surface area is 142 Å². The molecule has 0 radical (unpaired) electrons. The van der Waals surface area contributed by atoms with Gasteiger partial charge in [0.15, 0.2) is 0 Å². The average molecular weight is 327 g/mol. The van der Waals surface area contributed by atoms with Crippen molar-refractivity contribution in [3.8, 4) is 17.6 Å². The predicted molar refractivity (Wildman–Crippen MR) is 92.7 cm³/mol. The largest absolute Gasteiger partial charge is 0.457 e. The van der Waals surface area contributed by atoms with E-state index in [-0.39, 0.29) is 11.7 Å². The van der Waals surface area contributed by atoms with E-state index in [1.165, 1.54) is 6.07 Å². The van der Waals surface area contributed by atoms with Crippen LogP contribution in [0, 0.1) is 30.0 Å². The summed E-state index contributed by atoms with van der Waals surface area (Å²) in [5.74, 6) is 1.61. The molecule has 0 N–H and O–H groups in total. The van der Waals surface area contributed by atoms with Gasteiger partial charge in [-0.05, 0) is 31.0 Å². The first-order valence-electron chi connectivity index (χ1n) is 8.20. The molecule has 1 saturated heterocycles. The Hall–Kier alpha value is -2.61. The summed E-state index contributed by atoms with van der Waals surface area (Å²) < 4.78 is 19.3. The highest BCUT2D eigenvalue weighted by molar-refractivity contribution is 5.46. The molecule has 0 amide bonds. The highest BCUT2D eigenvalue weighted by Crippen LogP contribution is 2.28. The van der Waals surface area contributed by atoms with Crippen LogP contribution in [0.1, 0.15) is 25.8 Å². The molecular formula is C19H22FN3O. The van der Waals surface area contributed by atoms with Crippen molar-refractivity contribution in [2.24, 2.45) is 5.92 Å². The fourth-order valence-electron chi connectivity index (χ4n) is 2.48. The van der Waals surface area contributed by atoms with Crippen molar-refractivity contribution < 1.29 is 9.13 Å². The average Bonchev–Trinajstić information content (AvgIpc) is 3.09. The van der Waals surface area contributed by atoms with Crippen LogP contribution in [0.15, 0.2) is 36.5 Å². The molecule has 1 fully saturated rings. The third-order valence-electron chi connectivity index (χ3n) is 3.79. The zero-order valence-corrected chi connectivity index (χ0v) is 14.3. The summed E-state index contributed by atoms with van der Waals surface area (Å²) in [5, 5.41) is 8.97. The van der Waals surface area contributed by atoms with Crippen molar-refractivity contribution in [3.05, 3.63) is 47.9 Å². The fourth-order valence-corrected chi connectivity index (χ4v) is 2.48. The van der Waals surface area contributed by atoms with Crippen molar-refractivity contribution in [1.29, 1.82) is 5.26 Å². The number of ether oxygens (including phenoxy) is 1. The number of anilines is 1. The molecule has 0 bridgehead atoms. The van der Waals surface area contributed by atoms with Crippen LogP contribution >= 0.6 is 0 Å². The van der Waals surface area contributed by atoms with E-state index < -0.39 is 0 Å². The number of hydrogen-bond acceptors (Lipinski definition) is 4. The molecule has 0 spiro atoms. The quantitative estimate of drug-likeness (QED) is 0.820. The molecule has 1 aliphatic heterocycles. The first-order valence-corrected chi connectivity index (χ1v) is 8.20. The van der Waals surface area contributed by atoms with E-state index in [4.69, 9.17) is 10.00 Å². The van der Waals surface area contributed by atoms with Crippen LogP contribution in [0.3, 0.4) is 0 Å². The number of nitrogens with zero attached hydrogens (tertiary/aromatic N) is 3. The summed E-state index contributed by atoms with van der Waals surface area (Å²) in [6.07, 6.45) is 2.52. The third kappa shape index (κ3) is 4.23. The number of halogens is 1. The highest BCUT2D eigenvalue weighted by atomic mass is 19.1. The second-order valence-electron chi connectivity index (χ2n) is 5.42. The van der Waals surface area contributed by atoms with Gasteiger partial charge in [0.1, 0.15) is 23.1 Å². The number of rotatable bonds is 3. The van der Waals surface area contributed by atoms with Crippen molar-refractivity contribution in [1.82, 2.24) is 4.98 Å². The Balaban J connectivity index is 0.00000100. The van der Waals surface area contributed by atoms with Crippen molar-refractivity contribution in [2.75, 3.05) is 18.0 Å². The number of aromatic nitrogens is 1. The number of hydrogen-bond donors (Lipinski definition) is 0. The zero-order chi connectivity index (χ0) is 17.5. The van der Waals surface area contributed by atoms with Gasteiger partial charge in [-0.15, -0.1) is 0 Å². The maximum Gasteiger partial charge on any atom is 0.132 e. The van der Waals surface area contributed by atoms with Gasteiger partial charge in [0, 0.05) is 31.4 Å². The van der Waals surface area contributed by atoms with Crippen LogP contribution in [0.5, 0.6) is 11.5 Å². The molecule has 1 atom stereocenters. The Bertz CT molecular complexity index is 727. The number of nitriles is 1. The fraction of sp³-hybridized carbons (Fsp3) is 0.368. The zero-order valence-electron chi connectivity index (χ0n) is 14.3. The minimum absolute atomic E-state index is 0.0533. The predicted octanol–water partition coefficient (Wildman–Crippen LogP) is 4.70. The van der Waals surface area contributed by atoms with Crippen molar-refractivity contribution in [2.45, 2.75) is 27.2 Å². The van der Waals surface area contributed by atoms with Gasteiger partial charge in [0.2, 0.25) is 0 Å². The lowest BCUT2D eigenvalue weighted by Crippen LogP contribution is -2.20. The number of benzene rings is 1. The van der Waals surface area contributed by atoms with Gasteiger partial charge in [-0.3, -0.25) is 0 Å². The Morgan fingerprint density at radius 1 is 1.25 bits per heavy atom. The second-order valence-corrected chi connectivity index (χ2v) is 5.42. The summed E-state index contributed by atoms with van der Waals surface area (Å²) in [5.41, 5.74) is 0.586. The molecule has 1 aromatic heterocycles. The number of aryl methyl sites for hydroxylation is 1. The molecule has 0 aliphatic carbocycles. The van der Waals surface area contributed by atoms with Gasteiger partial charge >= 0.3 is 0 Å². The summed E-state index contributed by atoms with van der Waals surface area (Å²) in [6.45, 7) is 7.21. The van der Waals surface area contributed by atoms with E-state index >= 15 is 0 Å². The Kier molecular flexibility index (Phi) is 6.14. The summed E-state index contributed by atoms with van der Waals surface area (Å²) in [6, 6.07) is 10.6. The molecule has 2 heterocycles. The van der Waals surface area contributed by atoms with E-state index in [0.717, 1.165) is 18.8 Å². The molecule has 126 valence electrons. The van der Waals surface area contributed by atoms with Gasteiger partial charge in [-0.2, -0.15) is 5.26 Å². The molecule has 5 heteroatoms. The van der Waals surface area contributed by atoms with Crippen LogP contribution < -0.4 is 9.64 Å². The van der Waals surface area contributed by atoms with Crippen molar-refractivity contribution >= 4 is 5.82 Å². The molecule has 4 nitrogen and oxygen atoms in total. The monoisotopic (exact) mass is 327 g/mol. The van der Waals surface area contributed by atoms with Gasteiger partial charge in [0.25, 0.3) is 0 Å². The Morgan fingerprint density at radius 3 is 2.67 bits per heavy atom. The maximum absolute atomic E-state index is 13.6. The maximum atomic E-state index is 13.6. The first kappa shape index (κ1) is 17.7. The lowest BCUT2D eigenvalue weighted by atomic mass is 10.1. The lowest BCUT2D eigenvalue weighted by molar-refractivity contribution is 0.475. The lowest BCUT2D eigenvalue weighted by Gasteiger charge is -2.17. The van der Waals surface area contributed by atoms with Gasteiger partial charge in [-0.1, -0.05) is 19.9 Å². The molecular weight excluding hydrogens is 305 g/mol. The minimum atomic E-state index is -0.289. The van der Waals surface area contributed by atoms with E-state index in [0.29, 0.717) is 23.6 Å². The summed E-state index contributed by atoms with van der Waals surface area (Å²) >= 11 is 0. The van der Waals surface area contributed by atoms with Crippen LogP contribution in [0.2, 0.25) is 0 Å².